The summed E-state index contributed by atoms with van der Waals surface area (Å²) >= 11 is 0. The van der Waals surface area contributed by atoms with Crippen molar-refractivity contribution in [1.29, 1.82) is 0 Å². The molecular weight excluding hydrogens is 262 g/mol. The van der Waals surface area contributed by atoms with Gasteiger partial charge in [-0.1, -0.05) is 13.8 Å². The molecule has 0 aromatic rings. The molecule has 0 aromatic carbocycles. The Hall–Kier alpha value is -0.320. The molecule has 1 amide bonds. The number of carbonyl (C=O) groups excluding carboxylic acids is 1. The second-order valence-corrected chi connectivity index (χ2v) is 6.19. The van der Waals surface area contributed by atoms with Gasteiger partial charge in [-0.25, -0.2) is 0 Å². The van der Waals surface area contributed by atoms with Crippen LogP contribution in [0.15, 0.2) is 0 Å². The fourth-order valence-electron chi connectivity index (χ4n) is 2.62. The van der Waals surface area contributed by atoms with Crippen molar-refractivity contribution >= 4 is 18.3 Å². The molecule has 1 aliphatic carbocycles. The van der Waals surface area contributed by atoms with Crippen LogP contribution in [-0.4, -0.2) is 60.5 Å². The van der Waals surface area contributed by atoms with Gasteiger partial charge in [-0.05, 0) is 25.7 Å². The molecule has 1 atom stereocenters. The fourth-order valence-corrected chi connectivity index (χ4v) is 2.62. The van der Waals surface area contributed by atoms with Crippen LogP contribution in [0, 0.1) is 5.92 Å². The Balaban J connectivity index is 0.00000180. The topological polar surface area (TPSA) is 35.6 Å². The summed E-state index contributed by atoms with van der Waals surface area (Å²) in [6, 6.07) is 1.01. The minimum atomic E-state index is 0. The van der Waals surface area contributed by atoms with Gasteiger partial charge in [0, 0.05) is 38.3 Å². The minimum Gasteiger partial charge on any atom is -0.338 e. The van der Waals surface area contributed by atoms with Crippen molar-refractivity contribution < 1.29 is 4.79 Å². The monoisotopic (exact) mass is 289 g/mol. The number of rotatable bonds is 5. The Bertz CT molecular complexity index is 294. The number of nitrogens with zero attached hydrogens (tertiary/aromatic N) is 2. The van der Waals surface area contributed by atoms with Crippen molar-refractivity contribution in [2.24, 2.45) is 5.92 Å². The first kappa shape index (κ1) is 16.7. The molecule has 0 aromatic heterocycles. The van der Waals surface area contributed by atoms with Gasteiger partial charge in [0.15, 0.2) is 0 Å². The molecule has 0 radical (unpaired) electrons. The Morgan fingerprint density at radius 2 is 2.11 bits per heavy atom. The largest absolute Gasteiger partial charge is 0.338 e. The van der Waals surface area contributed by atoms with Gasteiger partial charge in [0.1, 0.15) is 0 Å². The molecule has 4 nitrogen and oxygen atoms in total. The lowest BCUT2D eigenvalue weighted by Crippen LogP contribution is -2.53. The van der Waals surface area contributed by atoms with Gasteiger partial charge in [0.25, 0.3) is 0 Å². The summed E-state index contributed by atoms with van der Waals surface area (Å²) < 4.78 is 0. The second kappa shape index (κ2) is 7.46. The van der Waals surface area contributed by atoms with Crippen molar-refractivity contribution in [3.05, 3.63) is 0 Å². The molecule has 0 bridgehead atoms. The molecule has 0 unspecified atom stereocenters. The highest BCUT2D eigenvalue weighted by Crippen LogP contribution is 2.27. The molecule has 2 aliphatic rings. The lowest BCUT2D eigenvalue weighted by atomic mass is 10.2. The first-order chi connectivity index (χ1) is 8.58. The summed E-state index contributed by atoms with van der Waals surface area (Å²) in [6.07, 6.45) is 2.41. The van der Waals surface area contributed by atoms with Crippen LogP contribution < -0.4 is 5.32 Å². The highest BCUT2D eigenvalue weighted by Gasteiger charge is 2.34. The zero-order valence-electron chi connectivity index (χ0n) is 12.4. The number of carbonyl (C=O) groups is 1. The first-order valence-corrected chi connectivity index (χ1v) is 7.32. The van der Waals surface area contributed by atoms with Crippen molar-refractivity contribution in [3.8, 4) is 0 Å². The Morgan fingerprint density at radius 3 is 2.63 bits per heavy atom. The van der Waals surface area contributed by atoms with Crippen LogP contribution in [-0.2, 0) is 4.79 Å². The van der Waals surface area contributed by atoms with Gasteiger partial charge >= 0.3 is 0 Å². The van der Waals surface area contributed by atoms with E-state index in [0.717, 1.165) is 26.2 Å². The molecule has 1 aliphatic heterocycles. The maximum atomic E-state index is 12.4. The number of amides is 1. The SMILES string of the molecule is CC(C)CN(C(=O)CN1CCNC[C@H]1C)C1CC1.Cl. The van der Waals surface area contributed by atoms with Crippen LogP contribution in [0.25, 0.3) is 0 Å². The molecule has 1 saturated heterocycles. The molecule has 1 saturated carbocycles. The highest BCUT2D eigenvalue weighted by atomic mass is 35.5. The maximum absolute atomic E-state index is 12.4. The summed E-state index contributed by atoms with van der Waals surface area (Å²) in [5.74, 6) is 0.898. The van der Waals surface area contributed by atoms with Crippen LogP contribution in [0.3, 0.4) is 0 Å². The average Bonchev–Trinajstić information content (AvgIpc) is 3.12. The Morgan fingerprint density at radius 1 is 1.42 bits per heavy atom. The fraction of sp³-hybridized carbons (Fsp3) is 0.929. The third kappa shape index (κ3) is 4.93. The van der Waals surface area contributed by atoms with Crippen molar-refractivity contribution in [2.75, 3.05) is 32.7 Å². The number of piperazine rings is 1. The van der Waals surface area contributed by atoms with E-state index in [1.807, 2.05) is 0 Å². The normalized spacial score (nSPS) is 24.1. The molecule has 2 rings (SSSR count). The van der Waals surface area contributed by atoms with Gasteiger partial charge in [-0.15, -0.1) is 12.4 Å². The molecule has 2 fully saturated rings. The number of nitrogens with one attached hydrogen (secondary N) is 1. The van der Waals surface area contributed by atoms with Crippen LogP contribution in [0.1, 0.15) is 33.6 Å². The molecule has 0 spiro atoms. The van der Waals surface area contributed by atoms with E-state index in [1.54, 1.807) is 0 Å². The summed E-state index contributed by atoms with van der Waals surface area (Å²) in [4.78, 5) is 16.9. The third-order valence-electron chi connectivity index (χ3n) is 3.85. The van der Waals surface area contributed by atoms with E-state index in [0.29, 0.717) is 30.5 Å². The van der Waals surface area contributed by atoms with Crippen molar-refractivity contribution in [1.82, 2.24) is 15.1 Å². The van der Waals surface area contributed by atoms with Crippen LogP contribution in [0.2, 0.25) is 0 Å². The molecule has 19 heavy (non-hydrogen) atoms. The van der Waals surface area contributed by atoms with E-state index in [4.69, 9.17) is 0 Å². The maximum Gasteiger partial charge on any atom is 0.237 e. The first-order valence-electron chi connectivity index (χ1n) is 7.32. The standard InChI is InChI=1S/C14H27N3O.ClH/c1-11(2)9-17(13-4-5-13)14(18)10-16-7-6-15-8-12(16)3;/h11-13,15H,4-10H2,1-3H3;1H/t12-;/m1./s1. The van der Waals surface area contributed by atoms with E-state index in [9.17, 15) is 4.79 Å². The summed E-state index contributed by atoms with van der Waals surface area (Å²) in [5, 5.41) is 3.37. The van der Waals surface area contributed by atoms with E-state index in [-0.39, 0.29) is 12.4 Å². The van der Waals surface area contributed by atoms with E-state index < -0.39 is 0 Å². The summed E-state index contributed by atoms with van der Waals surface area (Å²) in [5.41, 5.74) is 0. The third-order valence-corrected chi connectivity index (χ3v) is 3.85. The Labute approximate surface area is 123 Å². The van der Waals surface area contributed by atoms with E-state index in [1.165, 1.54) is 12.8 Å². The van der Waals surface area contributed by atoms with Gasteiger partial charge in [-0.2, -0.15) is 0 Å². The molecule has 1 heterocycles. The summed E-state index contributed by atoms with van der Waals surface area (Å²) in [7, 11) is 0. The second-order valence-electron chi connectivity index (χ2n) is 6.19. The van der Waals surface area contributed by atoms with Crippen LogP contribution in [0.5, 0.6) is 0 Å². The minimum absolute atomic E-state index is 0. The predicted octanol–water partition coefficient (Wildman–Crippen LogP) is 1.35. The summed E-state index contributed by atoms with van der Waals surface area (Å²) in [6.45, 7) is 11.1. The smallest absolute Gasteiger partial charge is 0.237 e. The zero-order valence-corrected chi connectivity index (χ0v) is 13.2. The lowest BCUT2D eigenvalue weighted by Gasteiger charge is -2.35. The van der Waals surface area contributed by atoms with Crippen LogP contribution in [0.4, 0.5) is 0 Å². The van der Waals surface area contributed by atoms with Crippen molar-refractivity contribution in [3.63, 3.8) is 0 Å². The van der Waals surface area contributed by atoms with E-state index >= 15 is 0 Å². The number of halogens is 1. The average molecular weight is 290 g/mol. The quantitative estimate of drug-likeness (QED) is 0.830. The zero-order chi connectivity index (χ0) is 13.1. The lowest BCUT2D eigenvalue weighted by molar-refractivity contribution is -0.134. The molecular formula is C14H28ClN3O. The predicted molar refractivity (Wildman–Crippen MR) is 80.7 cm³/mol. The Kier molecular flexibility index (Phi) is 6.57. The van der Waals surface area contributed by atoms with Crippen LogP contribution >= 0.6 is 12.4 Å². The molecule has 1 N–H and O–H groups in total. The number of hydrogen-bond acceptors (Lipinski definition) is 3. The molecule has 112 valence electrons. The molecule has 5 heteroatoms. The van der Waals surface area contributed by atoms with Gasteiger partial charge < -0.3 is 10.2 Å². The van der Waals surface area contributed by atoms with E-state index in [2.05, 4.69) is 35.9 Å². The van der Waals surface area contributed by atoms with Crippen molar-refractivity contribution in [2.45, 2.75) is 45.7 Å². The van der Waals surface area contributed by atoms with Gasteiger partial charge in [0.05, 0.1) is 6.54 Å². The van der Waals surface area contributed by atoms with Gasteiger partial charge in [0.2, 0.25) is 5.91 Å². The number of hydrogen-bond donors (Lipinski definition) is 1. The highest BCUT2D eigenvalue weighted by molar-refractivity contribution is 5.85. The van der Waals surface area contributed by atoms with Gasteiger partial charge in [-0.3, -0.25) is 9.69 Å².